The second-order valence-corrected chi connectivity index (χ2v) is 10.0. The minimum Gasteiger partial charge on any atom is -1.00 e. The van der Waals surface area contributed by atoms with E-state index in [1.165, 1.54) is 16.7 Å². The van der Waals surface area contributed by atoms with Gasteiger partial charge in [-0.25, -0.2) is 19.3 Å². The van der Waals surface area contributed by atoms with E-state index in [2.05, 4.69) is 16.0 Å². The third-order valence-electron chi connectivity index (χ3n) is 5.74. The molecule has 0 spiro atoms. The fourth-order valence-corrected chi connectivity index (χ4v) is 5.82. The molecule has 172 valence electrons. The molecule has 33 heavy (non-hydrogen) atoms. The van der Waals surface area contributed by atoms with Crippen molar-refractivity contribution in [3.8, 4) is 0 Å². The molecular formula is C20H24N5NaO6S. The van der Waals surface area contributed by atoms with E-state index in [-0.39, 0.29) is 37.5 Å². The first-order valence-electron chi connectivity index (χ1n) is 10.1. The first kappa shape index (κ1) is 25.3. The third kappa shape index (κ3) is 4.57. The van der Waals surface area contributed by atoms with Gasteiger partial charge in [-0.05, 0) is 19.4 Å². The summed E-state index contributed by atoms with van der Waals surface area (Å²) in [6.45, 7) is 3.98. The second kappa shape index (κ2) is 9.53. The molecule has 13 heteroatoms. The third-order valence-corrected chi connectivity index (χ3v) is 7.31. The Labute approximate surface area is 217 Å². The Kier molecular flexibility index (Phi) is 7.32. The van der Waals surface area contributed by atoms with Crippen LogP contribution in [0.25, 0.3) is 0 Å². The number of benzene rings is 1. The summed E-state index contributed by atoms with van der Waals surface area (Å²) in [6.07, 6.45) is 0. The number of carboxylic acids is 1. The zero-order valence-electron chi connectivity index (χ0n) is 19.4. The minimum atomic E-state index is -1.14. The molecule has 11 nitrogen and oxygen atoms in total. The van der Waals surface area contributed by atoms with Gasteiger partial charge in [0.25, 0.3) is 0 Å². The van der Waals surface area contributed by atoms with Crippen LogP contribution in [-0.2, 0) is 14.4 Å². The van der Waals surface area contributed by atoms with Gasteiger partial charge in [0.2, 0.25) is 11.8 Å². The van der Waals surface area contributed by atoms with Crippen molar-refractivity contribution in [1.82, 2.24) is 25.8 Å². The summed E-state index contributed by atoms with van der Waals surface area (Å²) in [5, 5.41) is 16.8. The van der Waals surface area contributed by atoms with Crippen LogP contribution in [0.3, 0.4) is 0 Å². The van der Waals surface area contributed by atoms with Crippen molar-refractivity contribution in [1.29, 1.82) is 0 Å². The summed E-state index contributed by atoms with van der Waals surface area (Å²) in [5.74, 6) is -2.20. The molecular weight excluding hydrogens is 461 g/mol. The number of fused-ring (bicyclic) bond motifs is 1. The number of rotatable bonds is 5. The summed E-state index contributed by atoms with van der Waals surface area (Å²) >= 11 is 1.31. The first-order chi connectivity index (χ1) is 15.1. The van der Waals surface area contributed by atoms with Gasteiger partial charge in [-0.3, -0.25) is 9.59 Å². The van der Waals surface area contributed by atoms with Crippen molar-refractivity contribution in [3.63, 3.8) is 0 Å². The number of urea groups is 2. The van der Waals surface area contributed by atoms with Gasteiger partial charge in [-0.1, -0.05) is 30.3 Å². The van der Waals surface area contributed by atoms with Crippen LogP contribution >= 0.6 is 11.8 Å². The average molecular weight is 485 g/mol. The van der Waals surface area contributed by atoms with Crippen molar-refractivity contribution in [3.05, 3.63) is 35.9 Å². The predicted octanol–water partition coefficient (Wildman–Crippen LogP) is -2.79. The predicted molar refractivity (Wildman–Crippen MR) is 115 cm³/mol. The van der Waals surface area contributed by atoms with Gasteiger partial charge in [0.05, 0.1) is 0 Å². The van der Waals surface area contributed by atoms with Crippen LogP contribution in [0.2, 0.25) is 0 Å². The number of thioether (sulfide) groups is 1. The Hall–Kier alpha value is -2.28. The Morgan fingerprint density at radius 2 is 1.91 bits per heavy atom. The molecule has 4 N–H and O–H groups in total. The molecule has 3 aliphatic rings. The number of β-lactam (4-membered cyclic amide) rings is 1. The van der Waals surface area contributed by atoms with Gasteiger partial charge in [-0.2, -0.15) is 0 Å². The van der Waals surface area contributed by atoms with Crippen LogP contribution in [-0.4, -0.2) is 80.0 Å². The number of imide groups is 1. The van der Waals surface area contributed by atoms with E-state index < -0.39 is 58.1 Å². The molecule has 6 amide bonds. The van der Waals surface area contributed by atoms with Crippen molar-refractivity contribution < 1.29 is 60.1 Å². The van der Waals surface area contributed by atoms with Gasteiger partial charge in [-0.15, -0.1) is 11.8 Å². The Morgan fingerprint density at radius 1 is 1.24 bits per heavy atom. The van der Waals surface area contributed by atoms with Gasteiger partial charge >= 0.3 is 47.6 Å². The molecule has 3 heterocycles. The largest absolute Gasteiger partial charge is 1.00 e. The number of nitrogens with zero attached hydrogens (tertiary/aromatic N) is 2. The molecule has 3 fully saturated rings. The normalized spacial score (nSPS) is 25.8. The summed E-state index contributed by atoms with van der Waals surface area (Å²) in [5.41, 5.74) is 0.476. The van der Waals surface area contributed by atoms with Crippen LogP contribution in [0.15, 0.2) is 30.3 Å². The summed E-state index contributed by atoms with van der Waals surface area (Å²) in [7, 11) is 0. The van der Waals surface area contributed by atoms with E-state index in [0.29, 0.717) is 12.1 Å². The monoisotopic (exact) mass is 485 g/mol. The Morgan fingerprint density at radius 3 is 2.48 bits per heavy atom. The maximum atomic E-state index is 13.1. The fourth-order valence-electron chi connectivity index (χ4n) is 4.19. The molecule has 0 aliphatic carbocycles. The van der Waals surface area contributed by atoms with E-state index in [4.69, 9.17) is 0 Å². The SMILES string of the molecule is CC1(C)S[C@@H]2[C@H](NC(=O)[C@@H](NC(=O)N3CCNC3=O)c3ccccc3)C(=O)N2[C@H]1C(=O)O.[H-].[Na+]. The average Bonchev–Trinajstić information content (AvgIpc) is 3.29. The Bertz CT molecular complexity index is 999. The second-order valence-electron chi connectivity index (χ2n) is 8.26. The number of carbonyl (C=O) groups is 5. The van der Waals surface area contributed by atoms with Gasteiger partial charge in [0, 0.05) is 17.8 Å². The molecule has 4 rings (SSSR count). The van der Waals surface area contributed by atoms with Crippen LogP contribution in [0.5, 0.6) is 0 Å². The van der Waals surface area contributed by atoms with Crippen LogP contribution < -0.4 is 45.5 Å². The number of hydrogen-bond acceptors (Lipinski definition) is 6. The van der Waals surface area contributed by atoms with Crippen LogP contribution in [0.1, 0.15) is 26.9 Å². The van der Waals surface area contributed by atoms with E-state index in [1.807, 2.05) is 0 Å². The number of amides is 6. The maximum absolute atomic E-state index is 13.1. The number of hydrogen-bond donors (Lipinski definition) is 4. The molecule has 0 saturated carbocycles. The van der Waals surface area contributed by atoms with Crippen LogP contribution in [0.4, 0.5) is 9.59 Å². The van der Waals surface area contributed by atoms with E-state index >= 15 is 0 Å². The van der Waals surface area contributed by atoms with Crippen molar-refractivity contribution in [2.24, 2.45) is 0 Å². The molecule has 0 bridgehead atoms. The van der Waals surface area contributed by atoms with Crippen molar-refractivity contribution in [2.45, 2.75) is 42.1 Å². The fraction of sp³-hybridized carbons (Fsp3) is 0.450. The van der Waals surface area contributed by atoms with Gasteiger partial charge < -0.3 is 27.4 Å². The standard InChI is InChI=1S/C20H23N5O6S.Na.H/c1-20(2)13(17(28)29)25-15(27)12(16(25)32-20)22-14(26)11(10-6-4-3-5-7-10)23-19(31)24-9-8-21-18(24)30;;/h3-7,11-13,16H,8-9H2,1-2H3,(H,21,30)(H,22,26)(H,23,31)(H,28,29);;/q;+1;-1/t11-,12+,13-,16+;;/m0../s1. The maximum Gasteiger partial charge on any atom is 1.00 e. The van der Waals surface area contributed by atoms with E-state index in [1.54, 1.807) is 44.2 Å². The molecule has 1 aromatic carbocycles. The van der Waals surface area contributed by atoms with Crippen molar-refractivity contribution >= 4 is 41.6 Å². The number of nitrogens with one attached hydrogen (secondary N) is 3. The van der Waals surface area contributed by atoms with Gasteiger partial charge in [0.15, 0.2) is 0 Å². The summed E-state index contributed by atoms with van der Waals surface area (Å²) in [6, 6.07) is 4.14. The molecule has 4 atom stereocenters. The molecule has 0 aromatic heterocycles. The molecule has 0 radical (unpaired) electrons. The number of carbonyl (C=O) groups excluding carboxylic acids is 4. The Balaban J connectivity index is 0.00000204. The zero-order chi connectivity index (χ0) is 23.2. The van der Waals surface area contributed by atoms with Crippen LogP contribution in [0, 0.1) is 0 Å². The van der Waals surface area contributed by atoms with Gasteiger partial charge in [0.1, 0.15) is 23.5 Å². The summed E-state index contributed by atoms with van der Waals surface area (Å²) in [4.78, 5) is 64.2. The summed E-state index contributed by atoms with van der Waals surface area (Å²) < 4.78 is -0.720. The topological polar surface area (TPSA) is 148 Å². The molecule has 0 unspecified atom stereocenters. The molecule has 1 aromatic rings. The minimum absolute atomic E-state index is 0. The quantitative estimate of drug-likeness (QED) is 0.260. The zero-order valence-corrected chi connectivity index (χ0v) is 21.2. The van der Waals surface area contributed by atoms with Crippen molar-refractivity contribution in [2.75, 3.05) is 13.1 Å². The van der Waals surface area contributed by atoms with E-state index in [0.717, 1.165) is 4.90 Å². The number of aliphatic carboxylic acids is 1. The number of carboxylic acid groups (broad SMARTS) is 1. The van der Waals surface area contributed by atoms with E-state index in [9.17, 15) is 29.1 Å². The first-order valence-corrected chi connectivity index (χ1v) is 10.9. The molecule has 3 saturated heterocycles. The smallest absolute Gasteiger partial charge is 1.00 e. The molecule has 3 aliphatic heterocycles.